The molecule has 1 saturated heterocycles. The largest absolute Gasteiger partial charge is 0.461 e. The Morgan fingerprint density at radius 2 is 1.45 bits per heavy atom. The van der Waals surface area contributed by atoms with Crippen molar-refractivity contribution >= 4 is 30.0 Å². The van der Waals surface area contributed by atoms with Gasteiger partial charge < -0.3 is 35.1 Å². The Bertz CT molecular complexity index is 1960. The van der Waals surface area contributed by atoms with E-state index in [0.29, 0.717) is 51.6 Å². The van der Waals surface area contributed by atoms with E-state index in [4.69, 9.17) is 14.2 Å². The fraction of sp³-hybridized carbons (Fsp3) is 0.500. The molecule has 0 spiro atoms. The molecule has 0 bridgehead atoms. The first kappa shape index (κ1) is 47.4. The highest BCUT2D eigenvalue weighted by Crippen LogP contribution is 2.44. The fourth-order valence-corrected chi connectivity index (χ4v) is 8.19. The summed E-state index contributed by atoms with van der Waals surface area (Å²) in [6, 6.07) is 23.9. The summed E-state index contributed by atoms with van der Waals surface area (Å²) in [7, 11) is 0. The number of hydrogen-bond acceptors (Lipinski definition) is 8. The second-order valence-corrected chi connectivity index (χ2v) is 18.0. The summed E-state index contributed by atoms with van der Waals surface area (Å²) in [6.45, 7) is 14.0. The third-order valence-electron chi connectivity index (χ3n) is 10.9. The van der Waals surface area contributed by atoms with Gasteiger partial charge in [-0.25, -0.2) is 14.4 Å². The molecule has 1 heterocycles. The maximum atomic E-state index is 14.4. The van der Waals surface area contributed by atoms with Gasteiger partial charge in [0.2, 0.25) is 11.8 Å². The summed E-state index contributed by atoms with van der Waals surface area (Å²) in [5, 5.41) is 8.69. The molecule has 12 heteroatoms. The first-order chi connectivity index (χ1) is 29.6. The van der Waals surface area contributed by atoms with Crippen LogP contribution >= 0.6 is 0 Å². The molecule has 2 unspecified atom stereocenters. The Morgan fingerprint density at radius 3 is 2.08 bits per heavy atom. The number of carbonyl (C=O) groups excluding carboxylic acids is 5. The Morgan fingerprint density at radius 1 is 0.806 bits per heavy atom. The lowest BCUT2D eigenvalue weighted by atomic mass is 9.95. The Kier molecular flexibility index (Phi) is 17.2. The van der Waals surface area contributed by atoms with Crippen LogP contribution in [0.4, 0.5) is 9.59 Å². The minimum atomic E-state index is -0.937. The Balaban J connectivity index is 1.18. The molecule has 3 aromatic carbocycles. The third kappa shape index (κ3) is 13.9. The van der Waals surface area contributed by atoms with Crippen molar-refractivity contribution in [3.8, 4) is 11.1 Å². The van der Waals surface area contributed by atoms with Crippen LogP contribution in [-0.4, -0.2) is 84.4 Å². The highest BCUT2D eigenvalue weighted by Gasteiger charge is 2.38. The summed E-state index contributed by atoms with van der Waals surface area (Å²) in [6.07, 6.45) is 5.70. The highest BCUT2D eigenvalue weighted by molar-refractivity contribution is 5.92. The molecule has 4 atom stereocenters. The predicted octanol–water partition coefficient (Wildman–Crippen LogP) is 8.48. The first-order valence-corrected chi connectivity index (χ1v) is 22.2. The molecule has 1 aliphatic heterocycles. The van der Waals surface area contributed by atoms with Crippen molar-refractivity contribution in [3.05, 3.63) is 108 Å². The molecule has 334 valence electrons. The van der Waals surface area contributed by atoms with Crippen LogP contribution in [0.2, 0.25) is 0 Å². The topological polar surface area (TPSA) is 152 Å². The molecular weight excluding hydrogens is 785 g/mol. The lowest BCUT2D eigenvalue weighted by Crippen LogP contribution is -2.52. The first-order valence-electron chi connectivity index (χ1n) is 22.2. The van der Waals surface area contributed by atoms with Crippen LogP contribution in [0.15, 0.2) is 91.0 Å². The highest BCUT2D eigenvalue weighted by atomic mass is 16.6. The van der Waals surface area contributed by atoms with Crippen molar-refractivity contribution in [2.75, 3.05) is 19.7 Å². The lowest BCUT2D eigenvalue weighted by Gasteiger charge is -2.29. The minimum Gasteiger partial charge on any atom is -0.461 e. The van der Waals surface area contributed by atoms with Gasteiger partial charge in [-0.3, -0.25) is 9.59 Å². The molecule has 0 radical (unpaired) electrons. The molecule has 4 amide bonds. The molecule has 0 aromatic heterocycles. The monoisotopic (exact) mass is 850 g/mol. The lowest BCUT2D eigenvalue weighted by molar-refractivity contribution is -0.152. The zero-order valence-corrected chi connectivity index (χ0v) is 37.5. The van der Waals surface area contributed by atoms with Crippen LogP contribution in [0, 0.1) is 11.8 Å². The Labute approximate surface area is 367 Å². The van der Waals surface area contributed by atoms with Crippen LogP contribution in [0.5, 0.6) is 0 Å². The maximum Gasteiger partial charge on any atom is 0.408 e. The molecule has 0 saturated carbocycles. The molecule has 3 N–H and O–H groups in total. The van der Waals surface area contributed by atoms with Crippen molar-refractivity contribution in [2.45, 2.75) is 129 Å². The van der Waals surface area contributed by atoms with Crippen molar-refractivity contribution in [2.24, 2.45) is 11.8 Å². The zero-order valence-electron chi connectivity index (χ0n) is 37.5. The number of fused-ring (bicyclic) bond motifs is 3. The molecule has 12 nitrogen and oxygen atoms in total. The summed E-state index contributed by atoms with van der Waals surface area (Å²) in [4.78, 5) is 68.9. The van der Waals surface area contributed by atoms with Gasteiger partial charge in [0, 0.05) is 19.0 Å². The van der Waals surface area contributed by atoms with Gasteiger partial charge in [-0.1, -0.05) is 105 Å². The van der Waals surface area contributed by atoms with Crippen molar-refractivity contribution in [1.82, 2.24) is 20.9 Å². The van der Waals surface area contributed by atoms with Crippen LogP contribution in [0.25, 0.3) is 11.1 Å². The summed E-state index contributed by atoms with van der Waals surface area (Å²) in [5.74, 6) is -1.58. The van der Waals surface area contributed by atoms with Crippen molar-refractivity contribution < 1.29 is 38.2 Å². The number of alkyl carbamates (subject to hydrolysis) is 2. The number of ether oxygens (including phenoxy) is 3. The number of likely N-dealkylation sites (tertiary alicyclic amines) is 1. The molecule has 62 heavy (non-hydrogen) atoms. The third-order valence-corrected chi connectivity index (χ3v) is 10.9. The van der Waals surface area contributed by atoms with Gasteiger partial charge in [0.1, 0.15) is 24.3 Å². The van der Waals surface area contributed by atoms with E-state index in [9.17, 15) is 24.0 Å². The molecule has 1 aliphatic carbocycles. The second kappa shape index (κ2) is 22.4. The number of carbonyl (C=O) groups is 5. The molecular formula is C50H66N4O8. The molecule has 1 fully saturated rings. The van der Waals surface area contributed by atoms with Gasteiger partial charge in [0.05, 0.1) is 18.1 Å². The van der Waals surface area contributed by atoms with Gasteiger partial charge in [0.15, 0.2) is 0 Å². The number of benzene rings is 3. The van der Waals surface area contributed by atoms with Gasteiger partial charge in [0.25, 0.3) is 0 Å². The number of nitrogens with zero attached hydrogens (tertiary/aromatic N) is 1. The molecule has 2 aliphatic rings. The quantitative estimate of drug-likeness (QED) is 0.0470. The summed E-state index contributed by atoms with van der Waals surface area (Å²) >= 11 is 0. The SMILES string of the molecule is CC(C)C[C@@H](/C=C/[C@H](Cc1ccccc1)C(=O)N1CCCC1C(=O)NC(CCCCNC(=O)OCC1c2ccccc2-c2ccccc21)C(=O)OC(C)C)NC(=O)OC(C)(C)C. The van der Waals surface area contributed by atoms with Gasteiger partial charge in [-0.15, -0.1) is 0 Å². The van der Waals surface area contributed by atoms with E-state index in [0.717, 1.165) is 27.8 Å². The average Bonchev–Trinajstić information content (AvgIpc) is 3.83. The standard InChI is InChI=1S/C50H66N4O8/c1-33(2)30-37(52-49(59)62-50(5,6)7)27-26-36(31-35-18-9-8-10-19-35)46(56)54-29-17-25-44(54)45(55)53-43(47(57)61-34(3)4)24-15-16-28-51-48(58)60-32-42-40-22-13-11-20-38(40)39-21-12-14-23-41(39)42/h8-14,18-23,26-27,33-34,36-37,42-44H,15-17,24-25,28-32H2,1-7H3,(H,51,58)(H,52,59)(H,53,55)/b27-26+/t36-,37-,43?,44?/m1/s1. The number of unbranched alkanes of at least 4 members (excludes halogenated alkanes) is 1. The van der Waals surface area contributed by atoms with E-state index in [-0.39, 0.29) is 36.8 Å². The fourth-order valence-electron chi connectivity index (χ4n) is 8.19. The van der Waals surface area contributed by atoms with E-state index >= 15 is 0 Å². The molecule has 5 rings (SSSR count). The van der Waals surface area contributed by atoms with Crippen molar-refractivity contribution in [1.29, 1.82) is 0 Å². The summed E-state index contributed by atoms with van der Waals surface area (Å²) in [5.41, 5.74) is 4.88. The van der Waals surface area contributed by atoms with Gasteiger partial charge in [-0.05, 0) is 113 Å². The number of rotatable bonds is 19. The van der Waals surface area contributed by atoms with E-state index in [1.54, 1.807) is 18.7 Å². The predicted molar refractivity (Wildman–Crippen MR) is 240 cm³/mol. The number of hydrogen-bond donors (Lipinski definition) is 3. The normalized spacial score (nSPS) is 16.3. The van der Waals surface area contributed by atoms with E-state index in [1.807, 2.05) is 87.5 Å². The van der Waals surface area contributed by atoms with E-state index in [1.165, 1.54) is 0 Å². The minimum absolute atomic E-state index is 0.0445. The van der Waals surface area contributed by atoms with Gasteiger partial charge in [-0.2, -0.15) is 0 Å². The number of esters is 1. The van der Waals surface area contributed by atoms with E-state index in [2.05, 4.69) is 54.1 Å². The zero-order chi connectivity index (χ0) is 44.8. The van der Waals surface area contributed by atoms with Gasteiger partial charge >= 0.3 is 18.2 Å². The molecule has 3 aromatic rings. The Hall–Kier alpha value is -5.65. The average molecular weight is 851 g/mol. The smallest absolute Gasteiger partial charge is 0.408 e. The summed E-state index contributed by atoms with van der Waals surface area (Å²) < 4.78 is 16.7. The van der Waals surface area contributed by atoms with Crippen molar-refractivity contribution in [3.63, 3.8) is 0 Å². The van der Waals surface area contributed by atoms with Crippen LogP contribution < -0.4 is 16.0 Å². The second-order valence-electron chi connectivity index (χ2n) is 18.0. The number of amides is 4. The van der Waals surface area contributed by atoms with Crippen LogP contribution in [0.1, 0.15) is 110 Å². The van der Waals surface area contributed by atoms with Crippen LogP contribution in [-0.2, 0) is 35.0 Å². The van der Waals surface area contributed by atoms with Crippen LogP contribution in [0.3, 0.4) is 0 Å². The number of nitrogens with one attached hydrogen (secondary N) is 3. The van der Waals surface area contributed by atoms with E-state index < -0.39 is 53.8 Å². The maximum absolute atomic E-state index is 14.4.